The molecular weight excluding hydrogens is 196 g/mol. The van der Waals surface area contributed by atoms with Gasteiger partial charge in [0, 0.05) is 12.3 Å². The van der Waals surface area contributed by atoms with E-state index in [1.807, 2.05) is 0 Å². The quantitative estimate of drug-likeness (QED) is 0.488. The molecule has 0 atom stereocenters. The summed E-state index contributed by atoms with van der Waals surface area (Å²) in [6, 6.07) is 0. The van der Waals surface area contributed by atoms with Crippen molar-refractivity contribution in [3.63, 3.8) is 0 Å². The molecule has 74 valence electrons. The van der Waals surface area contributed by atoms with Gasteiger partial charge in [0.1, 0.15) is 0 Å². The smallest absolute Gasteiger partial charge is 0.204 e. The molecule has 0 saturated heterocycles. The van der Waals surface area contributed by atoms with Crippen LogP contribution in [-0.4, -0.2) is 18.2 Å². The van der Waals surface area contributed by atoms with Gasteiger partial charge in [0.05, 0.1) is 0 Å². The van der Waals surface area contributed by atoms with Gasteiger partial charge in [0.15, 0.2) is 0 Å². The average Bonchev–Trinajstić information content (AvgIpc) is 1.85. The first-order chi connectivity index (χ1) is 5.21. The molecule has 0 aliphatic carbocycles. The van der Waals surface area contributed by atoms with Crippen molar-refractivity contribution in [3.05, 3.63) is 0 Å². The lowest BCUT2D eigenvalue weighted by atomic mass is 9.88. The fourth-order valence-electron chi connectivity index (χ4n) is 0.762. The molecule has 0 amide bonds. The van der Waals surface area contributed by atoms with Gasteiger partial charge in [-0.3, -0.25) is 0 Å². The molecule has 0 aromatic heterocycles. The van der Waals surface area contributed by atoms with Crippen LogP contribution >= 0.6 is 11.6 Å². The van der Waals surface area contributed by atoms with Crippen molar-refractivity contribution in [2.45, 2.75) is 32.6 Å². The average molecular weight is 207 g/mol. The highest BCUT2D eigenvalue weighted by Gasteiger charge is 2.44. The SMILES string of the molecule is CC(C)(CCl)CC(F)(F)C(F)F. The van der Waals surface area contributed by atoms with Crippen LogP contribution in [0, 0.1) is 5.41 Å². The van der Waals surface area contributed by atoms with Gasteiger partial charge < -0.3 is 0 Å². The van der Waals surface area contributed by atoms with Gasteiger partial charge >= 0.3 is 12.3 Å². The Morgan fingerprint density at radius 1 is 1.25 bits per heavy atom. The molecule has 0 spiro atoms. The van der Waals surface area contributed by atoms with Crippen molar-refractivity contribution in [2.75, 3.05) is 5.88 Å². The predicted octanol–water partition coefficient (Wildman–Crippen LogP) is 3.54. The van der Waals surface area contributed by atoms with Gasteiger partial charge in [-0.05, 0) is 5.41 Å². The van der Waals surface area contributed by atoms with Gasteiger partial charge in [-0.15, -0.1) is 11.6 Å². The number of hydrogen-bond donors (Lipinski definition) is 0. The minimum absolute atomic E-state index is 0.0602. The zero-order valence-corrected chi connectivity index (χ0v) is 7.64. The largest absolute Gasteiger partial charge is 0.308 e. The van der Waals surface area contributed by atoms with Crippen LogP contribution < -0.4 is 0 Å². The summed E-state index contributed by atoms with van der Waals surface area (Å²) in [5.74, 6) is -3.99. The molecule has 0 N–H and O–H groups in total. The van der Waals surface area contributed by atoms with Crippen molar-refractivity contribution in [2.24, 2.45) is 5.41 Å². The van der Waals surface area contributed by atoms with E-state index in [4.69, 9.17) is 11.6 Å². The molecule has 0 aromatic rings. The van der Waals surface area contributed by atoms with Crippen LogP contribution in [0.1, 0.15) is 20.3 Å². The molecule has 0 bridgehead atoms. The highest BCUT2D eigenvalue weighted by atomic mass is 35.5. The fourth-order valence-corrected chi connectivity index (χ4v) is 0.857. The minimum atomic E-state index is -3.93. The second-order valence-corrected chi connectivity index (χ2v) is 3.80. The first kappa shape index (κ1) is 12.0. The Kier molecular flexibility index (Phi) is 3.82. The van der Waals surface area contributed by atoms with E-state index in [-0.39, 0.29) is 5.88 Å². The molecule has 0 heterocycles. The molecule has 12 heavy (non-hydrogen) atoms. The predicted molar refractivity (Wildman–Crippen MR) is 40.1 cm³/mol. The Morgan fingerprint density at radius 3 is 1.92 bits per heavy atom. The standard InChI is InChI=1S/C7H11ClF4/c1-6(2,4-8)3-7(11,12)5(9)10/h5H,3-4H2,1-2H3. The topological polar surface area (TPSA) is 0 Å². The van der Waals surface area contributed by atoms with E-state index >= 15 is 0 Å². The van der Waals surface area contributed by atoms with Crippen LogP contribution in [0.15, 0.2) is 0 Å². The Bertz CT molecular complexity index is 144. The third-order valence-corrected chi connectivity index (χ3v) is 2.12. The van der Waals surface area contributed by atoms with Crippen molar-refractivity contribution >= 4 is 11.6 Å². The van der Waals surface area contributed by atoms with E-state index in [1.165, 1.54) is 13.8 Å². The molecule has 0 unspecified atom stereocenters. The van der Waals surface area contributed by atoms with Crippen LogP contribution in [-0.2, 0) is 0 Å². The maximum absolute atomic E-state index is 12.4. The first-order valence-corrected chi connectivity index (χ1v) is 3.97. The van der Waals surface area contributed by atoms with Gasteiger partial charge in [-0.25, -0.2) is 17.6 Å². The van der Waals surface area contributed by atoms with E-state index in [2.05, 4.69) is 0 Å². The Morgan fingerprint density at radius 2 is 1.67 bits per heavy atom. The lowest BCUT2D eigenvalue weighted by Crippen LogP contribution is -2.33. The van der Waals surface area contributed by atoms with Gasteiger partial charge in [-0.2, -0.15) is 0 Å². The fraction of sp³-hybridized carbons (Fsp3) is 1.00. The van der Waals surface area contributed by atoms with E-state index in [1.54, 1.807) is 0 Å². The third kappa shape index (κ3) is 3.61. The first-order valence-electron chi connectivity index (χ1n) is 3.43. The Labute approximate surface area is 73.9 Å². The molecule has 0 aliphatic heterocycles. The van der Waals surface area contributed by atoms with E-state index in [0.29, 0.717) is 0 Å². The molecule has 0 saturated carbocycles. The summed E-state index contributed by atoms with van der Waals surface area (Å²) in [5, 5.41) is 0. The van der Waals surface area contributed by atoms with E-state index < -0.39 is 24.2 Å². The monoisotopic (exact) mass is 206 g/mol. The third-order valence-electron chi connectivity index (χ3n) is 1.40. The van der Waals surface area contributed by atoms with Crippen molar-refractivity contribution < 1.29 is 17.6 Å². The van der Waals surface area contributed by atoms with E-state index in [9.17, 15) is 17.6 Å². The summed E-state index contributed by atoms with van der Waals surface area (Å²) < 4.78 is 48.2. The van der Waals surface area contributed by atoms with Crippen molar-refractivity contribution in [3.8, 4) is 0 Å². The Hall–Kier alpha value is 0.01000. The summed E-state index contributed by atoms with van der Waals surface area (Å²) in [4.78, 5) is 0. The summed E-state index contributed by atoms with van der Waals surface area (Å²) in [7, 11) is 0. The maximum atomic E-state index is 12.4. The summed E-state index contributed by atoms with van der Waals surface area (Å²) in [6.07, 6.45) is -4.50. The maximum Gasteiger partial charge on any atom is 0.308 e. The van der Waals surface area contributed by atoms with Gasteiger partial charge in [0.2, 0.25) is 0 Å². The number of halogens is 5. The number of rotatable bonds is 4. The molecule has 0 rings (SSSR count). The second-order valence-electron chi connectivity index (χ2n) is 3.54. The Balaban J connectivity index is 4.23. The second kappa shape index (κ2) is 3.81. The summed E-state index contributed by atoms with van der Waals surface area (Å²) in [5.41, 5.74) is -0.957. The molecular formula is C7H11ClF4. The molecule has 0 nitrogen and oxygen atoms in total. The van der Waals surface area contributed by atoms with Crippen LogP contribution in [0.2, 0.25) is 0 Å². The van der Waals surface area contributed by atoms with Gasteiger partial charge in [0.25, 0.3) is 0 Å². The number of alkyl halides is 5. The molecule has 0 fully saturated rings. The van der Waals surface area contributed by atoms with Crippen LogP contribution in [0.4, 0.5) is 17.6 Å². The summed E-state index contributed by atoms with van der Waals surface area (Å²) in [6.45, 7) is 2.85. The molecule has 0 aromatic carbocycles. The van der Waals surface area contributed by atoms with E-state index in [0.717, 1.165) is 0 Å². The van der Waals surface area contributed by atoms with Crippen LogP contribution in [0.3, 0.4) is 0 Å². The minimum Gasteiger partial charge on any atom is -0.204 e. The molecule has 5 heteroatoms. The number of hydrogen-bond acceptors (Lipinski definition) is 0. The lowest BCUT2D eigenvalue weighted by Gasteiger charge is -2.26. The lowest BCUT2D eigenvalue weighted by molar-refractivity contribution is -0.147. The van der Waals surface area contributed by atoms with Crippen LogP contribution in [0.5, 0.6) is 0 Å². The zero-order valence-electron chi connectivity index (χ0n) is 6.88. The zero-order chi connectivity index (χ0) is 9.99. The highest BCUT2D eigenvalue weighted by molar-refractivity contribution is 6.18. The van der Waals surface area contributed by atoms with Crippen LogP contribution in [0.25, 0.3) is 0 Å². The highest BCUT2D eigenvalue weighted by Crippen LogP contribution is 2.36. The van der Waals surface area contributed by atoms with Gasteiger partial charge in [-0.1, -0.05) is 13.8 Å². The summed E-state index contributed by atoms with van der Waals surface area (Å²) >= 11 is 5.33. The van der Waals surface area contributed by atoms with Crippen molar-refractivity contribution in [1.82, 2.24) is 0 Å². The molecule has 0 aliphatic rings. The van der Waals surface area contributed by atoms with Crippen molar-refractivity contribution in [1.29, 1.82) is 0 Å². The molecule has 0 radical (unpaired) electrons. The normalized spacial score (nSPS) is 14.0.